The van der Waals surface area contributed by atoms with Crippen molar-refractivity contribution in [2.45, 2.75) is 0 Å². The average molecular weight is 241 g/mol. The molecule has 1 aromatic rings. The molecule has 0 fully saturated rings. The Bertz CT molecular complexity index is 349. The molecule has 0 radical (unpaired) electrons. The quantitative estimate of drug-likeness (QED) is 0.792. The number of amides is 1. The first kappa shape index (κ1) is 9.92. The molecule has 68 valence electrons. The van der Waals surface area contributed by atoms with Crippen LogP contribution >= 0.6 is 15.9 Å². The average Bonchev–Trinajstić information content (AvgIpc) is 2.16. The van der Waals surface area contributed by atoms with E-state index in [1.54, 1.807) is 19.2 Å². The highest BCUT2D eigenvalue weighted by Gasteiger charge is 2.08. The summed E-state index contributed by atoms with van der Waals surface area (Å²) in [7, 11) is 1.58. The number of aliphatic imine (C=N–C) groups is 1. The standard InChI is InChI=1S/C9H9BrN2O/c1-11-8-4-3-6(10)5-7(8)9(13)12-2/h3-5H,1H2,2H3,(H,12,13). The monoisotopic (exact) mass is 240 g/mol. The zero-order chi connectivity index (χ0) is 9.84. The molecule has 1 N–H and O–H groups in total. The Hall–Kier alpha value is -1.16. The van der Waals surface area contributed by atoms with E-state index in [0.29, 0.717) is 11.3 Å². The summed E-state index contributed by atoms with van der Waals surface area (Å²) in [6.07, 6.45) is 0. The molecule has 3 nitrogen and oxygen atoms in total. The first-order chi connectivity index (χ1) is 6.19. The zero-order valence-corrected chi connectivity index (χ0v) is 8.76. The predicted molar refractivity (Wildman–Crippen MR) is 56.7 cm³/mol. The van der Waals surface area contributed by atoms with Gasteiger partial charge in [0, 0.05) is 11.5 Å². The van der Waals surface area contributed by atoms with Gasteiger partial charge in [-0.05, 0) is 24.9 Å². The van der Waals surface area contributed by atoms with Gasteiger partial charge in [0.1, 0.15) is 0 Å². The van der Waals surface area contributed by atoms with Crippen molar-refractivity contribution in [2.24, 2.45) is 4.99 Å². The second-order valence-electron chi connectivity index (χ2n) is 2.40. The summed E-state index contributed by atoms with van der Waals surface area (Å²) in [4.78, 5) is 15.1. The van der Waals surface area contributed by atoms with Gasteiger partial charge in [-0.15, -0.1) is 0 Å². The number of nitrogens with one attached hydrogen (secondary N) is 1. The van der Waals surface area contributed by atoms with Crippen molar-refractivity contribution >= 4 is 34.2 Å². The van der Waals surface area contributed by atoms with Gasteiger partial charge < -0.3 is 5.32 Å². The van der Waals surface area contributed by atoms with Gasteiger partial charge in [0.2, 0.25) is 0 Å². The number of halogens is 1. The van der Waals surface area contributed by atoms with Crippen LogP contribution < -0.4 is 5.32 Å². The third kappa shape index (κ3) is 2.15. The molecule has 0 unspecified atom stereocenters. The molecule has 1 amide bonds. The summed E-state index contributed by atoms with van der Waals surface area (Å²) in [6.45, 7) is 3.39. The summed E-state index contributed by atoms with van der Waals surface area (Å²) in [5.41, 5.74) is 1.11. The van der Waals surface area contributed by atoms with E-state index in [1.807, 2.05) is 6.07 Å². The molecule has 0 aromatic heterocycles. The lowest BCUT2D eigenvalue weighted by Crippen LogP contribution is -2.17. The summed E-state index contributed by atoms with van der Waals surface area (Å²) in [5, 5.41) is 2.54. The van der Waals surface area contributed by atoms with E-state index in [-0.39, 0.29) is 5.91 Å². The molecule has 0 atom stereocenters. The van der Waals surface area contributed by atoms with Crippen molar-refractivity contribution in [3.8, 4) is 0 Å². The van der Waals surface area contributed by atoms with Crippen molar-refractivity contribution in [2.75, 3.05) is 7.05 Å². The number of rotatable bonds is 2. The molecular formula is C9H9BrN2O. The van der Waals surface area contributed by atoms with Gasteiger partial charge in [-0.2, -0.15) is 0 Å². The lowest BCUT2D eigenvalue weighted by atomic mass is 10.1. The largest absolute Gasteiger partial charge is 0.355 e. The van der Waals surface area contributed by atoms with E-state index < -0.39 is 0 Å². The van der Waals surface area contributed by atoms with Crippen LogP contribution in [0.25, 0.3) is 0 Å². The van der Waals surface area contributed by atoms with Crippen LogP contribution in [0.15, 0.2) is 27.7 Å². The third-order valence-electron chi connectivity index (χ3n) is 1.60. The Morgan fingerprint density at radius 2 is 2.31 bits per heavy atom. The smallest absolute Gasteiger partial charge is 0.253 e. The summed E-state index contributed by atoms with van der Waals surface area (Å²) >= 11 is 3.28. The Morgan fingerprint density at radius 3 is 2.85 bits per heavy atom. The van der Waals surface area contributed by atoms with E-state index in [1.165, 1.54) is 0 Å². The summed E-state index contributed by atoms with van der Waals surface area (Å²) < 4.78 is 0.846. The van der Waals surface area contributed by atoms with Gasteiger partial charge in [-0.25, -0.2) is 0 Å². The lowest BCUT2D eigenvalue weighted by molar-refractivity contribution is 0.0964. The highest BCUT2D eigenvalue weighted by atomic mass is 79.9. The minimum Gasteiger partial charge on any atom is -0.355 e. The SMILES string of the molecule is C=Nc1ccc(Br)cc1C(=O)NC. The van der Waals surface area contributed by atoms with Crippen LogP contribution in [0.1, 0.15) is 10.4 Å². The van der Waals surface area contributed by atoms with Crippen molar-refractivity contribution in [1.82, 2.24) is 5.32 Å². The van der Waals surface area contributed by atoms with Crippen LogP contribution in [0.5, 0.6) is 0 Å². The molecule has 0 saturated carbocycles. The van der Waals surface area contributed by atoms with E-state index in [0.717, 1.165) is 4.47 Å². The Balaban J connectivity index is 3.23. The lowest BCUT2D eigenvalue weighted by Gasteiger charge is -2.03. The summed E-state index contributed by atoms with van der Waals surface area (Å²) in [5.74, 6) is -0.163. The van der Waals surface area contributed by atoms with Crippen molar-refractivity contribution in [3.05, 3.63) is 28.2 Å². The van der Waals surface area contributed by atoms with Crippen molar-refractivity contribution in [1.29, 1.82) is 0 Å². The normalized spacial score (nSPS) is 9.38. The number of benzene rings is 1. The van der Waals surface area contributed by atoms with Crippen LogP contribution in [-0.4, -0.2) is 19.7 Å². The number of hydrogen-bond donors (Lipinski definition) is 1. The van der Waals surface area contributed by atoms with Crippen LogP contribution in [0.4, 0.5) is 5.69 Å². The van der Waals surface area contributed by atoms with Crippen LogP contribution in [-0.2, 0) is 0 Å². The molecule has 0 bridgehead atoms. The molecule has 0 saturated heterocycles. The number of hydrogen-bond acceptors (Lipinski definition) is 2. The van der Waals surface area contributed by atoms with Crippen LogP contribution in [0.2, 0.25) is 0 Å². The maximum absolute atomic E-state index is 11.3. The Morgan fingerprint density at radius 1 is 1.62 bits per heavy atom. The van der Waals surface area contributed by atoms with Gasteiger partial charge in [-0.3, -0.25) is 9.79 Å². The van der Waals surface area contributed by atoms with Crippen LogP contribution in [0, 0.1) is 0 Å². The van der Waals surface area contributed by atoms with E-state index in [2.05, 4.69) is 33.0 Å². The molecule has 13 heavy (non-hydrogen) atoms. The van der Waals surface area contributed by atoms with E-state index >= 15 is 0 Å². The fourth-order valence-corrected chi connectivity index (χ4v) is 1.32. The van der Waals surface area contributed by atoms with E-state index in [4.69, 9.17) is 0 Å². The molecule has 0 heterocycles. The Labute approximate surface area is 85.0 Å². The highest BCUT2D eigenvalue weighted by Crippen LogP contribution is 2.22. The minimum absolute atomic E-state index is 0.163. The maximum Gasteiger partial charge on any atom is 0.253 e. The minimum atomic E-state index is -0.163. The fraction of sp³-hybridized carbons (Fsp3) is 0.111. The first-order valence-corrected chi connectivity index (χ1v) is 4.46. The first-order valence-electron chi connectivity index (χ1n) is 3.67. The van der Waals surface area contributed by atoms with Gasteiger partial charge in [0.25, 0.3) is 5.91 Å². The number of carbonyl (C=O) groups is 1. The number of carbonyl (C=O) groups excluding carboxylic acids is 1. The molecule has 0 aliphatic rings. The molecule has 1 aromatic carbocycles. The van der Waals surface area contributed by atoms with Crippen molar-refractivity contribution in [3.63, 3.8) is 0 Å². The van der Waals surface area contributed by atoms with Crippen molar-refractivity contribution < 1.29 is 4.79 Å². The molecule has 0 aliphatic heterocycles. The van der Waals surface area contributed by atoms with E-state index in [9.17, 15) is 4.79 Å². The van der Waals surface area contributed by atoms with Gasteiger partial charge >= 0.3 is 0 Å². The van der Waals surface area contributed by atoms with Crippen LogP contribution in [0.3, 0.4) is 0 Å². The molecule has 4 heteroatoms. The fourth-order valence-electron chi connectivity index (χ4n) is 0.963. The molecule has 0 spiro atoms. The number of nitrogens with zero attached hydrogens (tertiary/aromatic N) is 1. The molecular weight excluding hydrogens is 232 g/mol. The third-order valence-corrected chi connectivity index (χ3v) is 2.09. The highest BCUT2D eigenvalue weighted by molar-refractivity contribution is 9.10. The predicted octanol–water partition coefficient (Wildman–Crippen LogP) is 2.14. The molecule has 0 aliphatic carbocycles. The van der Waals surface area contributed by atoms with Gasteiger partial charge in [0.15, 0.2) is 0 Å². The second kappa shape index (κ2) is 4.18. The molecule has 1 rings (SSSR count). The zero-order valence-electron chi connectivity index (χ0n) is 7.17. The maximum atomic E-state index is 11.3. The van der Waals surface area contributed by atoms with Gasteiger partial charge in [-0.1, -0.05) is 15.9 Å². The van der Waals surface area contributed by atoms with Gasteiger partial charge in [0.05, 0.1) is 11.3 Å². The second-order valence-corrected chi connectivity index (χ2v) is 3.31. The summed E-state index contributed by atoms with van der Waals surface area (Å²) in [6, 6.07) is 5.26. The Kier molecular flexibility index (Phi) is 3.19. The topological polar surface area (TPSA) is 41.5 Å².